The molecule has 3 aromatic rings. The second-order valence-electron chi connectivity index (χ2n) is 8.14. The summed E-state index contributed by atoms with van der Waals surface area (Å²) < 4.78 is 10.7. The molecule has 3 aromatic carbocycles. The molecular weight excluding hydrogens is 498 g/mol. The fourth-order valence-electron chi connectivity index (χ4n) is 3.27. The van der Waals surface area contributed by atoms with Crippen LogP contribution in [0, 0.1) is 13.8 Å². The molecule has 0 unspecified atom stereocenters. The molecule has 3 amide bonds. The number of ether oxygens (including phenoxy) is 2. The van der Waals surface area contributed by atoms with Gasteiger partial charge in [-0.1, -0.05) is 29.8 Å². The first-order valence-corrected chi connectivity index (χ1v) is 11.7. The van der Waals surface area contributed by atoms with E-state index in [1.807, 2.05) is 26.0 Å². The summed E-state index contributed by atoms with van der Waals surface area (Å²) in [6.45, 7) is 3.36. The zero-order valence-corrected chi connectivity index (χ0v) is 21.1. The maximum Gasteiger partial charge on any atom is 0.306 e. The van der Waals surface area contributed by atoms with Gasteiger partial charge in [0.15, 0.2) is 6.61 Å². The molecule has 10 heteroatoms. The molecule has 0 aliphatic heterocycles. The third-order valence-electron chi connectivity index (χ3n) is 4.92. The molecule has 0 heterocycles. The molecule has 192 valence electrons. The van der Waals surface area contributed by atoms with Gasteiger partial charge in [0.05, 0.1) is 17.0 Å². The largest absolute Gasteiger partial charge is 0.457 e. The highest BCUT2D eigenvalue weighted by atomic mass is 35.5. The van der Waals surface area contributed by atoms with E-state index in [-0.39, 0.29) is 23.4 Å². The van der Waals surface area contributed by atoms with E-state index in [0.717, 1.165) is 16.9 Å². The molecule has 9 nitrogen and oxygen atoms in total. The van der Waals surface area contributed by atoms with Crippen LogP contribution in [0.5, 0.6) is 11.5 Å². The van der Waals surface area contributed by atoms with E-state index in [0.29, 0.717) is 11.4 Å². The molecule has 0 saturated carbocycles. The second kappa shape index (κ2) is 13.1. The van der Waals surface area contributed by atoms with Crippen LogP contribution in [0.1, 0.15) is 34.3 Å². The Balaban J connectivity index is 1.35. The number of hydrazine groups is 1. The molecule has 0 spiro atoms. The summed E-state index contributed by atoms with van der Waals surface area (Å²) in [5.41, 5.74) is 7.21. The Morgan fingerprint density at radius 3 is 2.14 bits per heavy atom. The van der Waals surface area contributed by atoms with Gasteiger partial charge in [0.25, 0.3) is 11.8 Å². The minimum absolute atomic E-state index is 0.134. The Morgan fingerprint density at radius 2 is 1.46 bits per heavy atom. The number of hydrogen-bond donors (Lipinski definition) is 3. The number of anilines is 1. The highest BCUT2D eigenvalue weighted by Gasteiger charge is 2.13. The van der Waals surface area contributed by atoms with Gasteiger partial charge in [-0.2, -0.15) is 0 Å². The minimum atomic E-state index is -0.749. The summed E-state index contributed by atoms with van der Waals surface area (Å²) >= 11 is 5.91. The number of benzene rings is 3. The SMILES string of the molecule is Cc1cc(C)cc(Oc2ccc(NC(=O)CCC(=O)OCC(=O)NNC(=O)c3ccccc3Cl)cc2)c1. The van der Waals surface area contributed by atoms with Crippen LogP contribution in [0.4, 0.5) is 5.69 Å². The summed E-state index contributed by atoms with van der Waals surface area (Å²) in [5.74, 6) is -1.15. The highest BCUT2D eigenvalue weighted by molar-refractivity contribution is 6.33. The van der Waals surface area contributed by atoms with Crippen molar-refractivity contribution in [3.8, 4) is 11.5 Å². The summed E-state index contributed by atoms with van der Waals surface area (Å²) in [4.78, 5) is 47.8. The first-order chi connectivity index (χ1) is 17.7. The molecule has 0 aliphatic carbocycles. The van der Waals surface area contributed by atoms with Crippen molar-refractivity contribution in [3.05, 3.63) is 88.4 Å². The van der Waals surface area contributed by atoms with Crippen LogP contribution in [0.15, 0.2) is 66.7 Å². The predicted octanol–water partition coefficient (Wildman–Crippen LogP) is 4.47. The van der Waals surface area contributed by atoms with Crippen molar-refractivity contribution in [1.29, 1.82) is 0 Å². The number of halogens is 1. The number of amides is 3. The standard InChI is InChI=1S/C27H26ClN3O6/c1-17-13-18(2)15-21(14-17)37-20-9-7-19(8-10-20)29-24(32)11-12-26(34)36-16-25(33)30-31-27(35)22-5-3-4-6-23(22)28/h3-10,13-15H,11-12,16H2,1-2H3,(H,29,32)(H,30,33)(H,31,35). The Kier molecular flexibility index (Phi) is 9.62. The number of aryl methyl sites for hydroxylation is 2. The van der Waals surface area contributed by atoms with Crippen molar-refractivity contribution in [2.24, 2.45) is 0 Å². The smallest absolute Gasteiger partial charge is 0.306 e. The number of hydrogen-bond acceptors (Lipinski definition) is 6. The fourth-order valence-corrected chi connectivity index (χ4v) is 3.49. The van der Waals surface area contributed by atoms with Crippen LogP contribution in [-0.4, -0.2) is 30.3 Å². The zero-order valence-electron chi connectivity index (χ0n) is 20.3. The third-order valence-corrected chi connectivity index (χ3v) is 5.25. The summed E-state index contributed by atoms with van der Waals surface area (Å²) in [6.07, 6.45) is -0.358. The molecule has 0 atom stereocenters. The van der Waals surface area contributed by atoms with Gasteiger partial charge in [-0.25, -0.2) is 0 Å². The van der Waals surface area contributed by atoms with E-state index in [1.54, 1.807) is 36.4 Å². The van der Waals surface area contributed by atoms with Crippen molar-refractivity contribution in [2.75, 3.05) is 11.9 Å². The first-order valence-electron chi connectivity index (χ1n) is 11.3. The van der Waals surface area contributed by atoms with Crippen molar-refractivity contribution in [3.63, 3.8) is 0 Å². The number of carbonyl (C=O) groups excluding carboxylic acids is 4. The average Bonchev–Trinajstić information content (AvgIpc) is 2.85. The normalized spacial score (nSPS) is 10.2. The van der Waals surface area contributed by atoms with Gasteiger partial charge in [-0.05, 0) is 73.5 Å². The fraction of sp³-hybridized carbons (Fsp3) is 0.185. The summed E-state index contributed by atoms with van der Waals surface area (Å²) in [6, 6.07) is 19.1. The lowest BCUT2D eigenvalue weighted by Crippen LogP contribution is -2.43. The molecule has 0 bridgehead atoms. The maximum absolute atomic E-state index is 12.2. The molecule has 0 fully saturated rings. The Labute approximate surface area is 219 Å². The van der Waals surface area contributed by atoms with Crippen molar-refractivity contribution in [2.45, 2.75) is 26.7 Å². The second-order valence-corrected chi connectivity index (χ2v) is 8.55. The zero-order chi connectivity index (χ0) is 26.8. The van der Waals surface area contributed by atoms with E-state index in [1.165, 1.54) is 12.1 Å². The van der Waals surface area contributed by atoms with E-state index in [4.69, 9.17) is 21.1 Å². The average molecular weight is 524 g/mol. The van der Waals surface area contributed by atoms with Crippen molar-refractivity contribution in [1.82, 2.24) is 10.9 Å². The lowest BCUT2D eigenvalue weighted by Gasteiger charge is -2.10. The van der Waals surface area contributed by atoms with Gasteiger partial charge < -0.3 is 14.8 Å². The Bertz CT molecular complexity index is 1270. The quantitative estimate of drug-likeness (QED) is 0.281. The van der Waals surface area contributed by atoms with Crippen LogP contribution in [0.2, 0.25) is 5.02 Å². The third kappa shape index (κ3) is 8.97. The summed E-state index contributed by atoms with van der Waals surface area (Å²) in [7, 11) is 0. The molecule has 0 saturated heterocycles. The predicted molar refractivity (Wildman–Crippen MR) is 138 cm³/mol. The van der Waals surface area contributed by atoms with Crippen LogP contribution in [0.25, 0.3) is 0 Å². The number of carbonyl (C=O) groups is 4. The molecule has 0 radical (unpaired) electrons. The van der Waals surface area contributed by atoms with Gasteiger partial charge >= 0.3 is 5.97 Å². The monoisotopic (exact) mass is 523 g/mol. The number of rotatable bonds is 9. The maximum atomic E-state index is 12.2. The molecule has 37 heavy (non-hydrogen) atoms. The van der Waals surface area contributed by atoms with E-state index >= 15 is 0 Å². The molecular formula is C27H26ClN3O6. The van der Waals surface area contributed by atoms with Gasteiger partial charge in [-0.3, -0.25) is 30.0 Å². The van der Waals surface area contributed by atoms with Crippen molar-refractivity contribution >= 4 is 41.0 Å². The topological polar surface area (TPSA) is 123 Å². The minimum Gasteiger partial charge on any atom is -0.457 e. The number of nitrogens with one attached hydrogen (secondary N) is 3. The van der Waals surface area contributed by atoms with Crippen LogP contribution in [0.3, 0.4) is 0 Å². The Morgan fingerprint density at radius 1 is 0.784 bits per heavy atom. The van der Waals surface area contributed by atoms with Gasteiger partial charge in [0.2, 0.25) is 5.91 Å². The van der Waals surface area contributed by atoms with Crippen LogP contribution >= 0.6 is 11.6 Å². The first kappa shape index (κ1) is 27.2. The summed E-state index contributed by atoms with van der Waals surface area (Å²) in [5, 5.41) is 2.91. The van der Waals surface area contributed by atoms with Crippen LogP contribution < -0.4 is 20.9 Å². The Hall–Kier alpha value is -4.37. The molecule has 0 aromatic heterocycles. The van der Waals surface area contributed by atoms with E-state index < -0.39 is 30.3 Å². The van der Waals surface area contributed by atoms with E-state index in [2.05, 4.69) is 22.2 Å². The van der Waals surface area contributed by atoms with Crippen LogP contribution in [-0.2, 0) is 19.1 Å². The lowest BCUT2D eigenvalue weighted by atomic mass is 10.1. The highest BCUT2D eigenvalue weighted by Crippen LogP contribution is 2.25. The lowest BCUT2D eigenvalue weighted by molar-refractivity contribution is -0.149. The number of esters is 1. The molecule has 0 aliphatic rings. The van der Waals surface area contributed by atoms with Gasteiger partial charge in [0.1, 0.15) is 11.5 Å². The van der Waals surface area contributed by atoms with E-state index in [9.17, 15) is 19.2 Å². The van der Waals surface area contributed by atoms with Gasteiger partial charge in [0, 0.05) is 12.1 Å². The van der Waals surface area contributed by atoms with Gasteiger partial charge in [-0.15, -0.1) is 0 Å². The van der Waals surface area contributed by atoms with Crippen molar-refractivity contribution < 1.29 is 28.7 Å². The molecule has 3 rings (SSSR count). The molecule has 3 N–H and O–H groups in total.